The van der Waals surface area contributed by atoms with Crippen molar-refractivity contribution in [3.63, 3.8) is 0 Å². The van der Waals surface area contributed by atoms with Crippen LogP contribution in [0.2, 0.25) is 0 Å². The Bertz CT molecular complexity index is 393. The highest BCUT2D eigenvalue weighted by Gasteiger charge is 2.43. The SMILES string of the molecule is CC.CCc1ccc(N2CCC(NC)C(F)(F)C2)cn1. The smallest absolute Gasteiger partial charge is 0.280 e. The second-order valence-electron chi connectivity index (χ2n) is 4.67. The van der Waals surface area contributed by atoms with Gasteiger partial charge in [0.25, 0.3) is 5.92 Å². The molecule has 1 atom stereocenters. The lowest BCUT2D eigenvalue weighted by Gasteiger charge is -2.39. The molecule has 1 aromatic heterocycles. The minimum Gasteiger partial charge on any atom is -0.364 e. The number of piperidine rings is 1. The monoisotopic (exact) mass is 285 g/mol. The molecule has 0 spiro atoms. The van der Waals surface area contributed by atoms with Crippen LogP contribution in [0.3, 0.4) is 0 Å². The molecule has 2 heterocycles. The number of alkyl halides is 2. The van der Waals surface area contributed by atoms with Crippen molar-refractivity contribution in [2.24, 2.45) is 0 Å². The van der Waals surface area contributed by atoms with E-state index in [1.807, 2.05) is 32.9 Å². The second kappa shape index (κ2) is 7.53. The van der Waals surface area contributed by atoms with E-state index in [4.69, 9.17) is 0 Å². The number of nitrogens with one attached hydrogen (secondary N) is 1. The third-order valence-corrected chi connectivity index (χ3v) is 3.48. The topological polar surface area (TPSA) is 28.2 Å². The normalized spacial score (nSPS) is 21.1. The lowest BCUT2D eigenvalue weighted by Crippen LogP contribution is -2.56. The van der Waals surface area contributed by atoms with Crippen molar-refractivity contribution in [2.75, 3.05) is 25.0 Å². The molecule has 1 aliphatic rings. The maximum atomic E-state index is 13.8. The largest absolute Gasteiger partial charge is 0.364 e. The molecule has 2 rings (SSSR count). The van der Waals surface area contributed by atoms with Crippen LogP contribution in [0.4, 0.5) is 14.5 Å². The van der Waals surface area contributed by atoms with Gasteiger partial charge in [0.05, 0.1) is 24.5 Å². The Hall–Kier alpha value is -1.23. The van der Waals surface area contributed by atoms with E-state index in [-0.39, 0.29) is 6.54 Å². The zero-order valence-electron chi connectivity index (χ0n) is 12.8. The predicted octanol–water partition coefficient (Wildman–Crippen LogP) is 3.10. The predicted molar refractivity (Wildman–Crippen MR) is 79.6 cm³/mol. The highest BCUT2D eigenvalue weighted by atomic mass is 19.3. The van der Waals surface area contributed by atoms with E-state index in [0.29, 0.717) is 13.0 Å². The number of hydrogen-bond donors (Lipinski definition) is 1. The van der Waals surface area contributed by atoms with Gasteiger partial charge in [-0.05, 0) is 32.0 Å². The summed E-state index contributed by atoms with van der Waals surface area (Å²) < 4.78 is 27.7. The van der Waals surface area contributed by atoms with Crippen molar-refractivity contribution in [1.82, 2.24) is 10.3 Å². The number of aromatic nitrogens is 1. The first kappa shape index (κ1) is 16.8. The Kier molecular flexibility index (Phi) is 6.33. The first-order valence-electron chi connectivity index (χ1n) is 7.32. The summed E-state index contributed by atoms with van der Waals surface area (Å²) in [5.41, 5.74) is 1.76. The molecule has 0 aliphatic carbocycles. The zero-order chi connectivity index (χ0) is 15.2. The highest BCUT2D eigenvalue weighted by Crippen LogP contribution is 2.30. The van der Waals surface area contributed by atoms with E-state index in [1.54, 1.807) is 18.1 Å². The molecule has 114 valence electrons. The van der Waals surface area contributed by atoms with Gasteiger partial charge in [0.2, 0.25) is 0 Å². The maximum Gasteiger partial charge on any atom is 0.280 e. The zero-order valence-corrected chi connectivity index (χ0v) is 12.8. The number of nitrogens with zero attached hydrogens (tertiary/aromatic N) is 2. The summed E-state index contributed by atoms with van der Waals surface area (Å²) in [5, 5.41) is 2.69. The Balaban J connectivity index is 0.000000956. The average molecular weight is 285 g/mol. The molecule has 5 heteroatoms. The van der Waals surface area contributed by atoms with Crippen LogP contribution in [0.5, 0.6) is 0 Å². The number of pyridine rings is 1. The van der Waals surface area contributed by atoms with Crippen LogP contribution < -0.4 is 10.2 Å². The molecule has 3 nitrogen and oxygen atoms in total. The van der Waals surface area contributed by atoms with Gasteiger partial charge in [-0.3, -0.25) is 4.98 Å². The fourth-order valence-corrected chi connectivity index (χ4v) is 2.33. The van der Waals surface area contributed by atoms with Crippen LogP contribution >= 0.6 is 0 Å². The van der Waals surface area contributed by atoms with Gasteiger partial charge in [-0.1, -0.05) is 20.8 Å². The van der Waals surface area contributed by atoms with E-state index >= 15 is 0 Å². The van der Waals surface area contributed by atoms with E-state index < -0.39 is 12.0 Å². The van der Waals surface area contributed by atoms with Gasteiger partial charge in [0.15, 0.2) is 0 Å². The van der Waals surface area contributed by atoms with E-state index in [0.717, 1.165) is 17.8 Å². The molecule has 0 aromatic carbocycles. The standard InChI is InChI=1S/C13H19F2N3.C2H6/c1-3-10-4-5-11(8-17-10)18-7-6-12(16-2)13(14,15)9-18;1-2/h4-5,8,12,16H,3,6-7,9H2,1-2H3;1-2H3. The van der Waals surface area contributed by atoms with Crippen molar-refractivity contribution in [2.45, 2.75) is 45.6 Å². The van der Waals surface area contributed by atoms with Crippen LogP contribution in [0.15, 0.2) is 18.3 Å². The first-order chi connectivity index (χ1) is 9.56. The van der Waals surface area contributed by atoms with Gasteiger partial charge in [-0.25, -0.2) is 8.78 Å². The molecule has 0 radical (unpaired) electrons. The summed E-state index contributed by atoms with van der Waals surface area (Å²) in [5.74, 6) is -2.70. The van der Waals surface area contributed by atoms with E-state index in [1.165, 1.54) is 0 Å². The first-order valence-corrected chi connectivity index (χ1v) is 7.32. The second-order valence-corrected chi connectivity index (χ2v) is 4.67. The van der Waals surface area contributed by atoms with Crippen LogP contribution in [-0.2, 0) is 6.42 Å². The van der Waals surface area contributed by atoms with Gasteiger partial charge in [-0.2, -0.15) is 0 Å². The Labute approximate surface area is 120 Å². The van der Waals surface area contributed by atoms with Gasteiger partial charge < -0.3 is 10.2 Å². The summed E-state index contributed by atoms with van der Waals surface area (Å²) >= 11 is 0. The minimum absolute atomic E-state index is 0.244. The fourth-order valence-electron chi connectivity index (χ4n) is 2.33. The quantitative estimate of drug-likeness (QED) is 0.925. The molecule has 1 unspecified atom stereocenters. The summed E-state index contributed by atoms with van der Waals surface area (Å²) in [6.07, 6.45) is 2.99. The average Bonchev–Trinajstić information content (AvgIpc) is 2.48. The summed E-state index contributed by atoms with van der Waals surface area (Å²) in [6, 6.07) is 3.05. The molecule has 20 heavy (non-hydrogen) atoms. The molecule has 1 N–H and O–H groups in total. The third kappa shape index (κ3) is 3.88. The minimum atomic E-state index is -2.70. The van der Waals surface area contributed by atoms with E-state index in [9.17, 15) is 8.78 Å². The number of rotatable bonds is 3. The van der Waals surface area contributed by atoms with Crippen molar-refractivity contribution in [3.05, 3.63) is 24.0 Å². The summed E-state index contributed by atoms with van der Waals surface area (Å²) in [6.45, 7) is 6.41. The van der Waals surface area contributed by atoms with Gasteiger partial charge in [0, 0.05) is 12.2 Å². The summed E-state index contributed by atoms with van der Waals surface area (Å²) in [4.78, 5) is 5.97. The lowest BCUT2D eigenvalue weighted by atomic mass is 10.0. The maximum absolute atomic E-state index is 13.8. The van der Waals surface area contributed by atoms with Crippen LogP contribution in [0.25, 0.3) is 0 Å². The van der Waals surface area contributed by atoms with Crippen molar-refractivity contribution in [1.29, 1.82) is 0 Å². The molecule has 1 aromatic rings. The molecule has 1 saturated heterocycles. The van der Waals surface area contributed by atoms with Gasteiger partial charge >= 0.3 is 0 Å². The molecule has 0 saturated carbocycles. The lowest BCUT2D eigenvalue weighted by molar-refractivity contribution is -0.0402. The number of hydrogen-bond acceptors (Lipinski definition) is 3. The van der Waals surface area contributed by atoms with Crippen LogP contribution in [-0.4, -0.2) is 37.1 Å². The van der Waals surface area contributed by atoms with Crippen molar-refractivity contribution < 1.29 is 8.78 Å². The number of aryl methyl sites for hydroxylation is 1. The van der Waals surface area contributed by atoms with Crippen LogP contribution in [0, 0.1) is 0 Å². The molecule has 1 fully saturated rings. The Morgan fingerprint density at radius 3 is 2.55 bits per heavy atom. The van der Waals surface area contributed by atoms with Gasteiger partial charge in [-0.15, -0.1) is 0 Å². The highest BCUT2D eigenvalue weighted by molar-refractivity contribution is 5.45. The van der Waals surface area contributed by atoms with Crippen LogP contribution in [0.1, 0.15) is 32.9 Å². The third-order valence-electron chi connectivity index (χ3n) is 3.48. The molecule has 1 aliphatic heterocycles. The fraction of sp³-hybridized carbons (Fsp3) is 0.667. The molecule has 0 amide bonds. The Morgan fingerprint density at radius 2 is 2.10 bits per heavy atom. The van der Waals surface area contributed by atoms with E-state index in [2.05, 4.69) is 10.3 Å². The summed E-state index contributed by atoms with van der Waals surface area (Å²) in [7, 11) is 1.59. The van der Waals surface area contributed by atoms with Gasteiger partial charge in [0.1, 0.15) is 0 Å². The number of anilines is 1. The molecular weight excluding hydrogens is 260 g/mol. The Morgan fingerprint density at radius 1 is 1.40 bits per heavy atom. The molecular formula is C15H25F2N3. The van der Waals surface area contributed by atoms with Crippen molar-refractivity contribution >= 4 is 5.69 Å². The number of halogens is 2. The van der Waals surface area contributed by atoms with Crippen molar-refractivity contribution in [3.8, 4) is 0 Å². The molecule has 0 bridgehead atoms.